The molecule has 12 heteroatoms. The van der Waals surface area contributed by atoms with Gasteiger partial charge in [-0.05, 0) is 59.8 Å². The lowest BCUT2D eigenvalue weighted by Crippen LogP contribution is -2.55. The smallest absolute Gasteiger partial charge is 0.412 e. The van der Waals surface area contributed by atoms with Gasteiger partial charge in [-0.2, -0.15) is 0 Å². The van der Waals surface area contributed by atoms with Crippen molar-refractivity contribution < 1.29 is 29.0 Å². The highest BCUT2D eigenvalue weighted by atomic mass is 16.6. The number of β-amino-alcohol motifs (C(OH)–C–C–N with tert-alkyl or cyclic N) is 1. The second-order valence-corrected chi connectivity index (χ2v) is 14.0. The molecule has 1 aromatic heterocycles. The summed E-state index contributed by atoms with van der Waals surface area (Å²) in [7, 11) is 0. The third kappa shape index (κ3) is 6.43. The van der Waals surface area contributed by atoms with Gasteiger partial charge in [0, 0.05) is 31.6 Å². The Balaban J connectivity index is 1.49. The van der Waals surface area contributed by atoms with E-state index in [0.29, 0.717) is 5.92 Å². The number of aromatic nitrogens is 3. The fourth-order valence-corrected chi connectivity index (χ4v) is 5.77. The zero-order chi connectivity index (χ0) is 29.8. The minimum Gasteiger partial charge on any atom is -0.444 e. The number of ether oxygens (including phenoxy) is 2. The summed E-state index contributed by atoms with van der Waals surface area (Å²) in [5, 5.41) is 22.0. The first kappa shape index (κ1) is 30.2. The monoisotopic (exact) mass is 562 g/mol. The number of carbonyl (C=O) groups excluding carboxylic acids is 3. The van der Waals surface area contributed by atoms with Crippen LogP contribution in [-0.4, -0.2) is 96.5 Å². The average Bonchev–Trinajstić information content (AvgIpc) is 3.31. The van der Waals surface area contributed by atoms with Crippen LogP contribution in [0.15, 0.2) is 6.20 Å². The van der Waals surface area contributed by atoms with Crippen molar-refractivity contribution in [3.8, 4) is 0 Å². The van der Waals surface area contributed by atoms with Gasteiger partial charge in [-0.15, -0.1) is 5.10 Å². The maximum atomic E-state index is 14.0. The SMILES string of the molecule is C[C@H]1OC(C)(C)N(C(=O)OC(C)(C)C)[C@@H]1CNC(=O)[C@@H]1C[C@@H](O)CN1C(=O)[C@@H](n1cc(C2CC2)nn1)C(C)(C)C. The molecule has 0 aromatic carbocycles. The van der Waals surface area contributed by atoms with Crippen LogP contribution in [0.25, 0.3) is 0 Å². The highest BCUT2D eigenvalue weighted by molar-refractivity contribution is 5.90. The lowest BCUT2D eigenvalue weighted by molar-refractivity contribution is -0.144. The Morgan fingerprint density at radius 1 is 1.20 bits per heavy atom. The predicted octanol–water partition coefficient (Wildman–Crippen LogP) is 2.58. The van der Waals surface area contributed by atoms with Crippen LogP contribution in [0, 0.1) is 5.41 Å². The summed E-state index contributed by atoms with van der Waals surface area (Å²) >= 11 is 0. The summed E-state index contributed by atoms with van der Waals surface area (Å²) in [6.45, 7) is 16.8. The molecule has 3 heterocycles. The number of hydrogen-bond acceptors (Lipinski definition) is 8. The summed E-state index contributed by atoms with van der Waals surface area (Å²) in [6.07, 6.45) is 2.37. The van der Waals surface area contributed by atoms with Crippen molar-refractivity contribution in [2.45, 2.75) is 129 Å². The van der Waals surface area contributed by atoms with Gasteiger partial charge in [-0.25, -0.2) is 9.48 Å². The Kier molecular flexibility index (Phi) is 8.01. The molecule has 40 heavy (non-hydrogen) atoms. The molecule has 1 aliphatic carbocycles. The van der Waals surface area contributed by atoms with Crippen molar-refractivity contribution in [1.29, 1.82) is 0 Å². The van der Waals surface area contributed by atoms with Crippen molar-refractivity contribution in [1.82, 2.24) is 30.1 Å². The molecule has 2 saturated heterocycles. The minimum absolute atomic E-state index is 0.0493. The zero-order valence-electron chi connectivity index (χ0n) is 25.3. The van der Waals surface area contributed by atoms with E-state index in [2.05, 4.69) is 15.6 Å². The zero-order valence-corrected chi connectivity index (χ0v) is 25.3. The molecule has 12 nitrogen and oxygen atoms in total. The fourth-order valence-electron chi connectivity index (χ4n) is 5.77. The third-order valence-electron chi connectivity index (χ3n) is 7.71. The molecule has 0 bridgehead atoms. The molecule has 4 rings (SSSR count). The third-order valence-corrected chi connectivity index (χ3v) is 7.71. The van der Waals surface area contributed by atoms with Crippen LogP contribution in [-0.2, 0) is 19.1 Å². The van der Waals surface area contributed by atoms with Crippen molar-refractivity contribution >= 4 is 17.9 Å². The van der Waals surface area contributed by atoms with Crippen molar-refractivity contribution in [3.05, 3.63) is 11.9 Å². The van der Waals surface area contributed by atoms with E-state index in [4.69, 9.17) is 9.47 Å². The first-order valence-electron chi connectivity index (χ1n) is 14.3. The molecule has 2 N–H and O–H groups in total. The largest absolute Gasteiger partial charge is 0.444 e. The van der Waals surface area contributed by atoms with Gasteiger partial charge in [0.15, 0.2) is 0 Å². The molecule has 0 radical (unpaired) electrons. The van der Waals surface area contributed by atoms with E-state index < -0.39 is 53.0 Å². The Morgan fingerprint density at radius 2 is 1.85 bits per heavy atom. The topological polar surface area (TPSA) is 139 Å². The van der Waals surface area contributed by atoms with Gasteiger partial charge in [0.1, 0.15) is 23.4 Å². The number of carbonyl (C=O) groups is 3. The normalized spacial score (nSPS) is 27.6. The first-order valence-corrected chi connectivity index (χ1v) is 14.3. The van der Waals surface area contributed by atoms with Crippen LogP contribution in [0.2, 0.25) is 0 Å². The number of aliphatic hydroxyl groups is 1. The van der Waals surface area contributed by atoms with E-state index in [-0.39, 0.29) is 31.5 Å². The van der Waals surface area contributed by atoms with Crippen LogP contribution < -0.4 is 5.32 Å². The fraction of sp³-hybridized carbons (Fsp3) is 0.821. The molecular formula is C28H46N6O6. The van der Waals surface area contributed by atoms with Crippen molar-refractivity contribution in [3.63, 3.8) is 0 Å². The molecule has 3 aliphatic rings. The molecule has 0 unspecified atom stereocenters. The van der Waals surface area contributed by atoms with Gasteiger partial charge in [-0.1, -0.05) is 26.0 Å². The molecule has 1 aromatic rings. The summed E-state index contributed by atoms with van der Waals surface area (Å²) in [4.78, 5) is 43.6. The van der Waals surface area contributed by atoms with Gasteiger partial charge in [0.25, 0.3) is 0 Å². The van der Waals surface area contributed by atoms with E-state index in [1.807, 2.05) is 33.9 Å². The highest BCUT2D eigenvalue weighted by Crippen LogP contribution is 2.40. The van der Waals surface area contributed by atoms with Crippen molar-refractivity contribution in [2.24, 2.45) is 5.41 Å². The van der Waals surface area contributed by atoms with Crippen LogP contribution in [0.4, 0.5) is 4.79 Å². The Bertz CT molecular complexity index is 1120. The quantitative estimate of drug-likeness (QED) is 0.539. The molecule has 224 valence electrons. The molecule has 3 fully saturated rings. The van der Waals surface area contributed by atoms with Gasteiger partial charge < -0.3 is 24.8 Å². The van der Waals surface area contributed by atoms with Gasteiger partial charge in [-0.3, -0.25) is 14.5 Å². The number of aliphatic hydroxyl groups excluding tert-OH is 1. The average molecular weight is 563 g/mol. The van der Waals surface area contributed by atoms with Crippen LogP contribution in [0.3, 0.4) is 0 Å². The summed E-state index contributed by atoms with van der Waals surface area (Å²) in [5.74, 6) is -0.287. The van der Waals surface area contributed by atoms with Gasteiger partial charge in [0.2, 0.25) is 11.8 Å². The number of hydrogen-bond donors (Lipinski definition) is 2. The number of nitrogens with one attached hydrogen (secondary N) is 1. The van der Waals surface area contributed by atoms with E-state index >= 15 is 0 Å². The molecule has 2 aliphatic heterocycles. The number of likely N-dealkylation sites (tertiary alicyclic amines) is 1. The summed E-state index contributed by atoms with van der Waals surface area (Å²) in [6, 6.07) is -2.04. The number of amides is 3. The Morgan fingerprint density at radius 3 is 2.42 bits per heavy atom. The standard InChI is InChI=1S/C28H46N6O6/c1-16-21(34(28(8,9)39-16)25(38)40-27(5,6)7)13-29-23(36)20-12-18(35)14-32(20)24(37)22(26(2,3)4)33-15-19(30-31-33)17-10-11-17/h15-18,20-22,35H,10-14H2,1-9H3,(H,29,36)/t16-,18-,20+,21-,22-/m1/s1. The number of nitrogens with zero attached hydrogens (tertiary/aromatic N) is 5. The van der Waals surface area contributed by atoms with Gasteiger partial charge >= 0.3 is 6.09 Å². The minimum atomic E-state index is -0.931. The first-order chi connectivity index (χ1) is 18.4. The molecular weight excluding hydrogens is 516 g/mol. The Labute approximate surface area is 236 Å². The second-order valence-electron chi connectivity index (χ2n) is 14.0. The van der Waals surface area contributed by atoms with E-state index in [1.54, 1.807) is 39.3 Å². The maximum Gasteiger partial charge on any atom is 0.412 e. The lowest BCUT2D eigenvalue weighted by Gasteiger charge is -2.36. The van der Waals surface area contributed by atoms with Crippen LogP contribution >= 0.6 is 0 Å². The molecule has 5 atom stereocenters. The Hall–Kier alpha value is -2.73. The van der Waals surface area contributed by atoms with E-state index in [0.717, 1.165) is 18.5 Å². The molecule has 1 saturated carbocycles. The van der Waals surface area contributed by atoms with Crippen LogP contribution in [0.1, 0.15) is 99.2 Å². The number of rotatable bonds is 6. The lowest BCUT2D eigenvalue weighted by atomic mass is 9.85. The van der Waals surface area contributed by atoms with Crippen molar-refractivity contribution in [2.75, 3.05) is 13.1 Å². The van der Waals surface area contributed by atoms with Gasteiger partial charge in [0.05, 0.1) is 23.9 Å². The second kappa shape index (κ2) is 10.6. The maximum absolute atomic E-state index is 14.0. The van der Waals surface area contributed by atoms with Crippen LogP contribution in [0.5, 0.6) is 0 Å². The highest BCUT2D eigenvalue weighted by Gasteiger charge is 2.50. The summed E-state index contributed by atoms with van der Waals surface area (Å²) in [5.41, 5.74) is -1.26. The molecule has 0 spiro atoms. The van der Waals surface area contributed by atoms with E-state index in [1.165, 1.54) is 9.80 Å². The predicted molar refractivity (Wildman–Crippen MR) is 146 cm³/mol. The summed E-state index contributed by atoms with van der Waals surface area (Å²) < 4.78 is 13.3. The molecule has 3 amide bonds. The van der Waals surface area contributed by atoms with E-state index in [9.17, 15) is 19.5 Å².